The van der Waals surface area contributed by atoms with Crippen molar-refractivity contribution in [3.05, 3.63) is 40.1 Å². The van der Waals surface area contributed by atoms with Gasteiger partial charge in [-0.25, -0.2) is 4.79 Å². The number of aromatic carboxylic acids is 1. The molecule has 0 saturated carbocycles. The van der Waals surface area contributed by atoms with Gasteiger partial charge in [-0.15, -0.1) is 11.3 Å². The molecule has 106 valence electrons. The van der Waals surface area contributed by atoms with Crippen molar-refractivity contribution in [3.8, 4) is 11.5 Å². The lowest BCUT2D eigenvalue weighted by Gasteiger charge is -2.11. The van der Waals surface area contributed by atoms with Gasteiger partial charge in [-0.2, -0.15) is 0 Å². The quantitative estimate of drug-likeness (QED) is 0.856. The van der Waals surface area contributed by atoms with E-state index in [1.807, 2.05) is 12.1 Å². The van der Waals surface area contributed by atoms with Gasteiger partial charge < -0.3 is 19.9 Å². The van der Waals surface area contributed by atoms with E-state index in [-0.39, 0.29) is 0 Å². The number of thiophene rings is 1. The Morgan fingerprint density at radius 3 is 2.70 bits per heavy atom. The van der Waals surface area contributed by atoms with Gasteiger partial charge in [-0.1, -0.05) is 0 Å². The summed E-state index contributed by atoms with van der Waals surface area (Å²) in [6.45, 7) is 0.542. The number of ether oxygens (including phenoxy) is 2. The molecule has 0 unspecified atom stereocenters. The van der Waals surface area contributed by atoms with Gasteiger partial charge in [0.2, 0.25) is 0 Å². The van der Waals surface area contributed by atoms with Crippen LogP contribution in [0.3, 0.4) is 0 Å². The summed E-state index contributed by atoms with van der Waals surface area (Å²) >= 11 is 1.41. The van der Waals surface area contributed by atoms with Crippen LogP contribution in [0.2, 0.25) is 0 Å². The van der Waals surface area contributed by atoms with Crippen LogP contribution in [0.4, 0.5) is 5.69 Å². The average Bonchev–Trinajstić information content (AvgIpc) is 2.94. The first-order valence-corrected chi connectivity index (χ1v) is 6.78. The third kappa shape index (κ3) is 3.21. The number of methoxy groups -OCH3 is 2. The molecule has 20 heavy (non-hydrogen) atoms. The number of carboxylic acid groups (broad SMARTS) is 1. The first-order chi connectivity index (χ1) is 9.63. The van der Waals surface area contributed by atoms with Gasteiger partial charge in [0.25, 0.3) is 0 Å². The second kappa shape index (κ2) is 6.29. The summed E-state index contributed by atoms with van der Waals surface area (Å²) in [5.41, 5.74) is 1.15. The molecule has 0 aliphatic carbocycles. The smallest absolute Gasteiger partial charge is 0.336 e. The molecule has 1 aromatic carbocycles. The monoisotopic (exact) mass is 293 g/mol. The highest BCUT2D eigenvalue weighted by atomic mass is 32.1. The molecular weight excluding hydrogens is 278 g/mol. The van der Waals surface area contributed by atoms with Crippen molar-refractivity contribution in [2.45, 2.75) is 6.54 Å². The van der Waals surface area contributed by atoms with E-state index in [1.165, 1.54) is 11.3 Å². The predicted octanol–water partition coefficient (Wildman–Crippen LogP) is 3.08. The molecule has 0 amide bonds. The van der Waals surface area contributed by atoms with E-state index in [4.69, 9.17) is 14.6 Å². The van der Waals surface area contributed by atoms with Crippen molar-refractivity contribution >= 4 is 23.0 Å². The maximum atomic E-state index is 10.8. The molecule has 0 fully saturated rings. The number of anilines is 1. The number of carbonyl (C=O) groups is 1. The maximum Gasteiger partial charge on any atom is 0.336 e. The van der Waals surface area contributed by atoms with Crippen LogP contribution in [0.1, 0.15) is 15.2 Å². The zero-order valence-corrected chi connectivity index (χ0v) is 12.0. The second-order valence-electron chi connectivity index (χ2n) is 4.03. The second-order valence-corrected chi connectivity index (χ2v) is 5.02. The molecule has 6 heteroatoms. The van der Waals surface area contributed by atoms with Crippen LogP contribution >= 0.6 is 11.3 Å². The summed E-state index contributed by atoms with van der Waals surface area (Å²) in [5, 5.41) is 13.7. The SMILES string of the molecule is COc1ccc(NCc2cc(C(=O)O)cs2)c(OC)c1. The fraction of sp³-hybridized carbons (Fsp3) is 0.214. The molecule has 2 rings (SSSR count). The molecule has 2 N–H and O–H groups in total. The molecule has 0 aliphatic heterocycles. The average molecular weight is 293 g/mol. The van der Waals surface area contributed by atoms with Gasteiger partial charge in [0.1, 0.15) is 11.5 Å². The van der Waals surface area contributed by atoms with Crippen LogP contribution in [0.5, 0.6) is 11.5 Å². The first-order valence-electron chi connectivity index (χ1n) is 5.90. The van der Waals surface area contributed by atoms with E-state index in [1.54, 1.807) is 31.7 Å². The molecule has 0 radical (unpaired) electrons. The standard InChI is InChI=1S/C14H15NO4S/c1-18-10-3-4-12(13(6-10)19-2)15-7-11-5-9(8-20-11)14(16)17/h3-6,8,15H,7H2,1-2H3,(H,16,17). The summed E-state index contributed by atoms with van der Waals surface area (Å²) in [6, 6.07) is 7.15. The number of nitrogens with one attached hydrogen (secondary N) is 1. The largest absolute Gasteiger partial charge is 0.497 e. The van der Waals surface area contributed by atoms with Gasteiger partial charge in [-0.05, 0) is 18.2 Å². The first kappa shape index (κ1) is 14.2. The lowest BCUT2D eigenvalue weighted by atomic mass is 10.2. The molecule has 2 aromatic rings. The highest BCUT2D eigenvalue weighted by molar-refractivity contribution is 7.10. The molecule has 0 saturated heterocycles. The van der Waals surface area contributed by atoms with Crippen LogP contribution in [0.15, 0.2) is 29.6 Å². The molecule has 1 heterocycles. The van der Waals surface area contributed by atoms with Gasteiger partial charge in [-0.3, -0.25) is 0 Å². The van der Waals surface area contributed by atoms with Gasteiger partial charge in [0.05, 0.1) is 25.5 Å². The van der Waals surface area contributed by atoms with E-state index in [2.05, 4.69) is 5.32 Å². The van der Waals surface area contributed by atoms with Crippen LogP contribution in [-0.4, -0.2) is 25.3 Å². The summed E-state index contributed by atoms with van der Waals surface area (Å²) in [6.07, 6.45) is 0. The Bertz CT molecular complexity index is 609. The highest BCUT2D eigenvalue weighted by Crippen LogP contribution is 2.29. The lowest BCUT2D eigenvalue weighted by molar-refractivity contribution is 0.0697. The predicted molar refractivity (Wildman–Crippen MR) is 78.2 cm³/mol. The normalized spacial score (nSPS) is 10.1. The fourth-order valence-corrected chi connectivity index (χ4v) is 2.51. The van der Waals surface area contributed by atoms with Gasteiger partial charge in [0, 0.05) is 22.9 Å². The zero-order valence-electron chi connectivity index (χ0n) is 11.2. The lowest BCUT2D eigenvalue weighted by Crippen LogP contribution is -2.00. The molecular formula is C14H15NO4S. The van der Waals surface area contributed by atoms with E-state index >= 15 is 0 Å². The van der Waals surface area contributed by atoms with Crippen molar-refractivity contribution in [1.82, 2.24) is 0 Å². The third-order valence-corrected chi connectivity index (χ3v) is 3.70. The summed E-state index contributed by atoms with van der Waals surface area (Å²) in [4.78, 5) is 11.8. The number of hydrogen-bond acceptors (Lipinski definition) is 5. The van der Waals surface area contributed by atoms with Gasteiger partial charge in [0.15, 0.2) is 0 Å². The van der Waals surface area contributed by atoms with Crippen molar-refractivity contribution in [1.29, 1.82) is 0 Å². The Morgan fingerprint density at radius 2 is 2.10 bits per heavy atom. The highest BCUT2D eigenvalue weighted by Gasteiger charge is 2.08. The molecule has 0 spiro atoms. The topological polar surface area (TPSA) is 67.8 Å². The number of rotatable bonds is 6. The van der Waals surface area contributed by atoms with Crippen molar-refractivity contribution in [2.75, 3.05) is 19.5 Å². The third-order valence-electron chi connectivity index (χ3n) is 2.76. The van der Waals surface area contributed by atoms with E-state index < -0.39 is 5.97 Å². The van der Waals surface area contributed by atoms with Crippen molar-refractivity contribution < 1.29 is 19.4 Å². The minimum atomic E-state index is -0.908. The maximum absolute atomic E-state index is 10.8. The number of benzene rings is 1. The Hall–Kier alpha value is -2.21. The van der Waals surface area contributed by atoms with Crippen molar-refractivity contribution in [2.24, 2.45) is 0 Å². The Morgan fingerprint density at radius 1 is 1.30 bits per heavy atom. The fourth-order valence-electron chi connectivity index (χ4n) is 1.71. The minimum Gasteiger partial charge on any atom is -0.497 e. The van der Waals surface area contributed by atoms with Crippen LogP contribution in [0, 0.1) is 0 Å². The number of carboxylic acids is 1. The summed E-state index contributed by atoms with van der Waals surface area (Å²) in [5.74, 6) is 0.491. The molecule has 5 nitrogen and oxygen atoms in total. The molecule has 1 aromatic heterocycles. The summed E-state index contributed by atoms with van der Waals surface area (Å²) < 4.78 is 10.4. The Labute approximate surface area is 120 Å². The molecule has 0 aliphatic rings. The van der Waals surface area contributed by atoms with E-state index in [0.29, 0.717) is 17.9 Å². The van der Waals surface area contributed by atoms with Crippen LogP contribution < -0.4 is 14.8 Å². The van der Waals surface area contributed by atoms with Gasteiger partial charge >= 0.3 is 5.97 Å². The minimum absolute atomic E-state index is 0.313. The number of hydrogen-bond donors (Lipinski definition) is 2. The zero-order chi connectivity index (χ0) is 14.5. The van der Waals surface area contributed by atoms with Crippen LogP contribution in [-0.2, 0) is 6.54 Å². The van der Waals surface area contributed by atoms with Crippen LogP contribution in [0.25, 0.3) is 0 Å². The van der Waals surface area contributed by atoms with E-state index in [0.717, 1.165) is 16.3 Å². The Kier molecular flexibility index (Phi) is 4.47. The molecule has 0 atom stereocenters. The van der Waals surface area contributed by atoms with Crippen molar-refractivity contribution in [3.63, 3.8) is 0 Å². The van der Waals surface area contributed by atoms with E-state index in [9.17, 15) is 4.79 Å². The summed E-state index contributed by atoms with van der Waals surface area (Å²) in [7, 11) is 3.19. The molecule has 0 bridgehead atoms. The Balaban J connectivity index is 2.07.